The van der Waals surface area contributed by atoms with Gasteiger partial charge in [0.25, 0.3) is 11.5 Å². The minimum atomic E-state index is -1.59. The number of ether oxygens (including phenoxy) is 1. The quantitative estimate of drug-likeness (QED) is 0.209. The van der Waals surface area contributed by atoms with Crippen molar-refractivity contribution >= 4 is 34.9 Å². The van der Waals surface area contributed by atoms with Gasteiger partial charge in [0.1, 0.15) is 29.5 Å². The molecule has 3 aromatic heterocycles. The van der Waals surface area contributed by atoms with Crippen LogP contribution in [0.4, 0.5) is 16.0 Å². The number of carbonyl (C=O) groups is 2. The number of nitrogens with zero attached hydrogens (tertiary/aromatic N) is 7. The fourth-order valence-corrected chi connectivity index (χ4v) is 6.28. The van der Waals surface area contributed by atoms with Gasteiger partial charge in [0.2, 0.25) is 11.8 Å². The lowest BCUT2D eigenvalue weighted by atomic mass is 9.96. The van der Waals surface area contributed by atoms with Gasteiger partial charge in [0.15, 0.2) is 11.5 Å². The third-order valence-corrected chi connectivity index (χ3v) is 8.51. The van der Waals surface area contributed by atoms with Crippen LogP contribution in [-0.2, 0) is 7.05 Å². The maximum atomic E-state index is 16.0. The summed E-state index contributed by atoms with van der Waals surface area (Å²) in [6, 6.07) is 12.1. The van der Waals surface area contributed by atoms with Crippen molar-refractivity contribution in [3.63, 3.8) is 0 Å². The molecule has 0 spiro atoms. The number of hydrogen-bond donors (Lipinski definition) is 1. The van der Waals surface area contributed by atoms with Gasteiger partial charge < -0.3 is 23.9 Å². The van der Waals surface area contributed by atoms with E-state index >= 15 is 4.39 Å². The second-order valence-electron chi connectivity index (χ2n) is 12.1. The largest absolute Gasteiger partial charge is 0.480 e. The molecular weight excluding hydrogens is 653 g/mol. The van der Waals surface area contributed by atoms with Gasteiger partial charge in [-0.05, 0) is 43.2 Å². The zero-order chi connectivity index (χ0) is 35.3. The smallest absolute Gasteiger partial charge is 0.279 e. The van der Waals surface area contributed by atoms with Crippen LogP contribution < -0.4 is 20.1 Å². The van der Waals surface area contributed by atoms with Gasteiger partial charge in [-0.3, -0.25) is 19.3 Å². The molecule has 0 fully saturated rings. The number of aromatic nitrogens is 5. The van der Waals surface area contributed by atoms with Gasteiger partial charge >= 0.3 is 0 Å². The van der Waals surface area contributed by atoms with Crippen LogP contribution in [0.5, 0.6) is 5.88 Å². The van der Waals surface area contributed by atoms with E-state index in [0.717, 1.165) is 6.07 Å². The SMILES string of the molecule is COc1nc(N(C)C)ncc1-c1nc2c(n1C(C)C)[C@@H](c1ccc(C(=O)C(O)c3ccccc3)c(F)c1)N(c1cc(Cl)cn(C)c1=O)C2=O. The highest BCUT2D eigenvalue weighted by Gasteiger charge is 2.46. The molecule has 252 valence electrons. The Bertz CT molecular complexity index is 2170. The molecule has 1 unspecified atom stereocenters. The number of fused-ring (bicyclic) bond motifs is 1. The second-order valence-corrected chi connectivity index (χ2v) is 12.5. The highest BCUT2D eigenvalue weighted by atomic mass is 35.5. The van der Waals surface area contributed by atoms with Crippen LogP contribution in [0, 0.1) is 5.82 Å². The number of rotatable bonds is 9. The number of aliphatic hydroxyl groups excluding tert-OH is 1. The molecule has 0 saturated carbocycles. The molecule has 0 saturated heterocycles. The van der Waals surface area contributed by atoms with E-state index in [4.69, 9.17) is 21.3 Å². The average Bonchev–Trinajstić information content (AvgIpc) is 3.60. The van der Waals surface area contributed by atoms with Crippen LogP contribution in [0.15, 0.2) is 71.8 Å². The van der Waals surface area contributed by atoms with Crippen LogP contribution in [0.2, 0.25) is 5.02 Å². The lowest BCUT2D eigenvalue weighted by Gasteiger charge is -2.28. The number of benzene rings is 2. The van der Waals surface area contributed by atoms with Gasteiger partial charge in [-0.15, -0.1) is 0 Å². The Balaban J connectivity index is 1.56. The van der Waals surface area contributed by atoms with Crippen molar-refractivity contribution in [2.75, 3.05) is 31.0 Å². The van der Waals surface area contributed by atoms with Gasteiger partial charge in [-0.25, -0.2) is 14.4 Å². The standard InChI is InChI=1S/C35H33ClFN7O5/c1-18(2)43-28-26(39-31(43)23-16-38-35(41(3)4)40-32(23)49-6)34(48)44(25-15-21(36)17-42(5)33(25)47)27(28)20-12-13-22(24(37)14-20)30(46)29(45)19-10-8-7-9-11-19/h7-18,27,29,45H,1-6H3/t27-,29?/m1/s1. The van der Waals surface area contributed by atoms with Gasteiger partial charge in [-0.1, -0.05) is 48.0 Å². The number of aryl methyl sites for hydroxylation is 1. The number of amides is 1. The van der Waals surface area contributed by atoms with E-state index in [1.165, 1.54) is 48.0 Å². The first-order valence-corrected chi connectivity index (χ1v) is 15.7. The van der Waals surface area contributed by atoms with Crippen LogP contribution in [0.25, 0.3) is 11.4 Å². The number of imidazole rings is 1. The Kier molecular flexibility index (Phi) is 8.82. The molecule has 0 bridgehead atoms. The van der Waals surface area contributed by atoms with E-state index in [1.807, 2.05) is 13.8 Å². The first kappa shape index (κ1) is 33.5. The Morgan fingerprint density at radius 1 is 1.08 bits per heavy atom. The normalized spacial score (nSPS) is 14.7. The number of halogens is 2. The van der Waals surface area contributed by atoms with E-state index < -0.39 is 35.2 Å². The summed E-state index contributed by atoms with van der Waals surface area (Å²) in [6.45, 7) is 3.78. The summed E-state index contributed by atoms with van der Waals surface area (Å²) in [4.78, 5) is 57.8. The molecule has 1 aliphatic rings. The number of hydrogen-bond acceptors (Lipinski definition) is 9. The monoisotopic (exact) mass is 685 g/mol. The first-order chi connectivity index (χ1) is 23.3. The summed E-state index contributed by atoms with van der Waals surface area (Å²) in [5.41, 5.74) is 0.472. The number of aliphatic hydroxyl groups is 1. The van der Waals surface area contributed by atoms with Gasteiger partial charge in [0, 0.05) is 39.6 Å². The van der Waals surface area contributed by atoms with Crippen molar-refractivity contribution in [1.82, 2.24) is 24.1 Å². The summed E-state index contributed by atoms with van der Waals surface area (Å²) in [5, 5.41) is 10.9. The molecular formula is C35H33ClFN7O5. The zero-order valence-electron chi connectivity index (χ0n) is 27.5. The predicted molar refractivity (Wildman–Crippen MR) is 182 cm³/mol. The first-order valence-electron chi connectivity index (χ1n) is 15.3. The molecule has 4 heterocycles. The van der Waals surface area contributed by atoms with Gasteiger partial charge in [-0.2, -0.15) is 4.98 Å². The van der Waals surface area contributed by atoms with E-state index in [1.54, 1.807) is 60.1 Å². The number of anilines is 2. The highest BCUT2D eigenvalue weighted by molar-refractivity contribution is 6.30. The Morgan fingerprint density at radius 3 is 2.43 bits per heavy atom. The zero-order valence-corrected chi connectivity index (χ0v) is 28.3. The summed E-state index contributed by atoms with van der Waals surface area (Å²) in [6.07, 6.45) is 1.38. The van der Waals surface area contributed by atoms with Crippen LogP contribution in [0.3, 0.4) is 0 Å². The summed E-state index contributed by atoms with van der Waals surface area (Å²) in [5.74, 6) is -1.42. The molecule has 49 heavy (non-hydrogen) atoms. The van der Waals surface area contributed by atoms with E-state index in [9.17, 15) is 19.5 Å². The molecule has 12 nitrogen and oxygen atoms in total. The third-order valence-electron chi connectivity index (χ3n) is 8.31. The van der Waals surface area contributed by atoms with Gasteiger partial charge in [0.05, 0.1) is 29.0 Å². The minimum absolute atomic E-state index is 0.0227. The Hall–Kier alpha value is -5.40. The van der Waals surface area contributed by atoms with Crippen molar-refractivity contribution in [2.45, 2.75) is 32.0 Å². The molecule has 0 radical (unpaired) electrons. The van der Waals surface area contributed by atoms with E-state index in [-0.39, 0.29) is 39.5 Å². The second kappa shape index (κ2) is 12.9. The molecule has 6 rings (SSSR count). The number of ketones is 1. The minimum Gasteiger partial charge on any atom is -0.480 e. The molecule has 5 aromatic rings. The molecule has 1 aliphatic heterocycles. The lowest BCUT2D eigenvalue weighted by Crippen LogP contribution is -2.36. The van der Waals surface area contributed by atoms with Crippen LogP contribution in [0.1, 0.15) is 69.7 Å². The number of pyridine rings is 1. The Labute approximate surface area is 286 Å². The topological polar surface area (TPSA) is 136 Å². The molecule has 2 aromatic carbocycles. The number of Topliss-reactive ketones (excluding diaryl/α,β-unsaturated/α-hetero) is 1. The predicted octanol–water partition coefficient (Wildman–Crippen LogP) is 5.15. The summed E-state index contributed by atoms with van der Waals surface area (Å²) >= 11 is 6.37. The van der Waals surface area contributed by atoms with Crippen molar-refractivity contribution in [1.29, 1.82) is 0 Å². The van der Waals surface area contributed by atoms with Crippen molar-refractivity contribution in [3.05, 3.63) is 116 Å². The van der Waals surface area contributed by atoms with E-state index in [2.05, 4.69) is 9.97 Å². The summed E-state index contributed by atoms with van der Waals surface area (Å²) < 4.78 is 24.7. The van der Waals surface area contributed by atoms with Crippen LogP contribution >= 0.6 is 11.6 Å². The fourth-order valence-electron chi connectivity index (χ4n) is 6.03. The highest BCUT2D eigenvalue weighted by Crippen LogP contribution is 2.45. The van der Waals surface area contributed by atoms with E-state index in [0.29, 0.717) is 28.6 Å². The number of carbonyl (C=O) groups excluding carboxylic acids is 2. The maximum absolute atomic E-state index is 16.0. The fraction of sp³-hybridized carbons (Fsp3) is 0.257. The average molecular weight is 686 g/mol. The molecule has 1 amide bonds. The molecule has 1 N–H and O–H groups in total. The number of methoxy groups -OCH3 is 1. The maximum Gasteiger partial charge on any atom is 0.279 e. The lowest BCUT2D eigenvalue weighted by molar-refractivity contribution is 0.0743. The molecule has 14 heteroatoms. The van der Waals surface area contributed by atoms with Crippen LogP contribution in [-0.4, -0.2) is 62.1 Å². The van der Waals surface area contributed by atoms with Crippen molar-refractivity contribution in [2.24, 2.45) is 7.05 Å². The Morgan fingerprint density at radius 2 is 1.80 bits per heavy atom. The molecule has 2 atom stereocenters. The summed E-state index contributed by atoms with van der Waals surface area (Å²) in [7, 11) is 6.55. The van der Waals surface area contributed by atoms with Crippen molar-refractivity contribution < 1.29 is 23.8 Å². The van der Waals surface area contributed by atoms with Crippen molar-refractivity contribution in [3.8, 4) is 17.3 Å². The molecule has 0 aliphatic carbocycles. The third kappa shape index (κ3) is 5.74.